The first-order chi connectivity index (χ1) is 12.3. The number of ether oxygens (including phenoxy) is 1. The molecule has 0 spiro atoms. The number of rotatable bonds is 4. The lowest BCUT2D eigenvalue weighted by Crippen LogP contribution is -2.23. The number of para-hydroxylation sites is 1. The summed E-state index contributed by atoms with van der Waals surface area (Å²) in [6.45, 7) is 2.11. The average Bonchev–Trinajstić information content (AvgIpc) is 3.32. The minimum Gasteiger partial charge on any atom is -0.350 e. The van der Waals surface area contributed by atoms with Crippen LogP contribution in [0.25, 0.3) is 0 Å². The van der Waals surface area contributed by atoms with Gasteiger partial charge in [0.25, 0.3) is 0 Å². The molecule has 0 saturated carbocycles. The van der Waals surface area contributed by atoms with Crippen molar-refractivity contribution in [3.8, 4) is 6.07 Å². The zero-order valence-corrected chi connectivity index (χ0v) is 13.6. The van der Waals surface area contributed by atoms with Crippen LogP contribution in [0.15, 0.2) is 60.8 Å². The fraction of sp³-hybridized carbons (Fsp3) is 0.211. The molecule has 6 nitrogen and oxygen atoms in total. The number of hydrogen-bond donors (Lipinski definition) is 0. The minimum atomic E-state index is -0.211. The number of nitriles is 1. The molecule has 6 heteroatoms. The summed E-state index contributed by atoms with van der Waals surface area (Å²) in [7, 11) is 0. The second-order valence-electron chi connectivity index (χ2n) is 5.90. The number of aromatic nitrogens is 3. The van der Waals surface area contributed by atoms with E-state index in [2.05, 4.69) is 33.4 Å². The molecule has 3 aromatic rings. The Morgan fingerprint density at radius 3 is 2.68 bits per heavy atom. The molecule has 1 unspecified atom stereocenters. The highest BCUT2D eigenvalue weighted by molar-refractivity contribution is 5.48. The van der Waals surface area contributed by atoms with Crippen molar-refractivity contribution in [1.29, 1.82) is 5.26 Å². The van der Waals surface area contributed by atoms with E-state index in [0.29, 0.717) is 18.7 Å². The Bertz CT molecular complexity index is 882. The summed E-state index contributed by atoms with van der Waals surface area (Å²) >= 11 is 0. The highest BCUT2D eigenvalue weighted by Gasteiger charge is 2.29. The predicted octanol–water partition coefficient (Wildman–Crippen LogP) is 2.73. The summed E-state index contributed by atoms with van der Waals surface area (Å²) in [6, 6.07) is 19.8. The zero-order valence-electron chi connectivity index (χ0n) is 13.6. The molecule has 124 valence electrons. The molecule has 1 aliphatic heterocycles. The van der Waals surface area contributed by atoms with E-state index in [1.165, 1.54) is 0 Å². The molecule has 1 aliphatic rings. The molecule has 4 rings (SSSR count). The number of anilines is 1. The SMILES string of the molecule is N#Cc1ccc(Cn2cc(C3OCCN3c3ccccc3)nn2)cc1. The van der Waals surface area contributed by atoms with Crippen molar-refractivity contribution in [1.82, 2.24) is 15.0 Å². The highest BCUT2D eigenvalue weighted by atomic mass is 16.5. The molecule has 0 aliphatic carbocycles. The van der Waals surface area contributed by atoms with Gasteiger partial charge in [0.1, 0.15) is 5.69 Å². The molecular formula is C19H17N5O. The highest BCUT2D eigenvalue weighted by Crippen LogP contribution is 2.30. The maximum Gasteiger partial charge on any atom is 0.177 e. The van der Waals surface area contributed by atoms with Gasteiger partial charge in [-0.3, -0.25) is 0 Å². The first-order valence-electron chi connectivity index (χ1n) is 8.16. The van der Waals surface area contributed by atoms with E-state index in [-0.39, 0.29) is 6.23 Å². The minimum absolute atomic E-state index is 0.211. The Hall–Kier alpha value is -3.17. The molecule has 2 aromatic carbocycles. The third-order valence-electron chi connectivity index (χ3n) is 4.22. The first-order valence-corrected chi connectivity index (χ1v) is 8.16. The predicted molar refractivity (Wildman–Crippen MR) is 92.8 cm³/mol. The van der Waals surface area contributed by atoms with E-state index in [0.717, 1.165) is 23.5 Å². The second kappa shape index (κ2) is 6.75. The molecule has 1 saturated heterocycles. The summed E-state index contributed by atoms with van der Waals surface area (Å²) in [5.41, 5.74) is 3.64. The van der Waals surface area contributed by atoms with Crippen molar-refractivity contribution >= 4 is 5.69 Å². The van der Waals surface area contributed by atoms with Crippen molar-refractivity contribution < 1.29 is 4.74 Å². The Labute approximate surface area is 145 Å². The molecule has 1 atom stereocenters. The van der Waals surface area contributed by atoms with Gasteiger partial charge in [-0.2, -0.15) is 5.26 Å². The van der Waals surface area contributed by atoms with Gasteiger partial charge in [-0.25, -0.2) is 4.68 Å². The van der Waals surface area contributed by atoms with Crippen molar-refractivity contribution in [2.45, 2.75) is 12.8 Å². The Morgan fingerprint density at radius 2 is 1.92 bits per heavy atom. The summed E-state index contributed by atoms with van der Waals surface area (Å²) < 4.78 is 7.67. The van der Waals surface area contributed by atoms with Gasteiger partial charge < -0.3 is 9.64 Å². The van der Waals surface area contributed by atoms with E-state index >= 15 is 0 Å². The van der Waals surface area contributed by atoms with Gasteiger partial charge in [-0.05, 0) is 29.8 Å². The Kier molecular flexibility index (Phi) is 4.15. The van der Waals surface area contributed by atoms with Crippen LogP contribution in [0, 0.1) is 11.3 Å². The topological polar surface area (TPSA) is 67.0 Å². The molecular weight excluding hydrogens is 314 g/mol. The average molecular weight is 331 g/mol. The fourth-order valence-electron chi connectivity index (χ4n) is 2.97. The second-order valence-corrected chi connectivity index (χ2v) is 5.90. The van der Waals surface area contributed by atoms with Gasteiger partial charge in [0, 0.05) is 12.2 Å². The van der Waals surface area contributed by atoms with Crippen LogP contribution in [0.1, 0.15) is 23.0 Å². The standard InChI is InChI=1S/C19H17N5O/c20-12-15-6-8-16(9-7-15)13-23-14-18(21-22-23)19-24(10-11-25-19)17-4-2-1-3-5-17/h1-9,14,19H,10-11,13H2. The van der Waals surface area contributed by atoms with E-state index in [1.54, 1.807) is 4.68 Å². The van der Waals surface area contributed by atoms with E-state index in [4.69, 9.17) is 10.00 Å². The molecule has 0 N–H and O–H groups in total. The van der Waals surface area contributed by atoms with Gasteiger partial charge in [-0.15, -0.1) is 5.10 Å². The van der Waals surface area contributed by atoms with Gasteiger partial charge in [0.2, 0.25) is 0 Å². The normalized spacial score (nSPS) is 16.8. The Balaban J connectivity index is 1.51. The summed E-state index contributed by atoms with van der Waals surface area (Å²) in [5, 5.41) is 17.4. The van der Waals surface area contributed by atoms with E-state index in [9.17, 15) is 0 Å². The lowest BCUT2D eigenvalue weighted by molar-refractivity contribution is 0.110. The van der Waals surface area contributed by atoms with Crippen LogP contribution in [-0.2, 0) is 11.3 Å². The van der Waals surface area contributed by atoms with Crippen molar-refractivity contribution in [3.05, 3.63) is 77.6 Å². The van der Waals surface area contributed by atoms with E-state index in [1.807, 2.05) is 48.7 Å². The van der Waals surface area contributed by atoms with Crippen molar-refractivity contribution in [2.24, 2.45) is 0 Å². The molecule has 0 bridgehead atoms. The van der Waals surface area contributed by atoms with Gasteiger partial charge >= 0.3 is 0 Å². The molecule has 0 radical (unpaired) electrons. The molecule has 0 amide bonds. The van der Waals surface area contributed by atoms with Crippen LogP contribution in [0.5, 0.6) is 0 Å². The van der Waals surface area contributed by atoms with Crippen LogP contribution in [0.2, 0.25) is 0 Å². The fourth-order valence-corrected chi connectivity index (χ4v) is 2.97. The molecule has 1 aromatic heterocycles. The van der Waals surface area contributed by atoms with Crippen molar-refractivity contribution in [3.63, 3.8) is 0 Å². The monoisotopic (exact) mass is 331 g/mol. The largest absolute Gasteiger partial charge is 0.350 e. The summed E-state index contributed by atoms with van der Waals surface area (Å²) in [4.78, 5) is 2.19. The van der Waals surface area contributed by atoms with Crippen LogP contribution in [0.3, 0.4) is 0 Å². The van der Waals surface area contributed by atoms with Crippen LogP contribution in [-0.4, -0.2) is 28.1 Å². The maximum absolute atomic E-state index is 8.87. The Morgan fingerprint density at radius 1 is 1.12 bits per heavy atom. The van der Waals surface area contributed by atoms with Gasteiger partial charge in [0.05, 0.1) is 31.0 Å². The molecule has 1 fully saturated rings. The van der Waals surface area contributed by atoms with Crippen LogP contribution in [0.4, 0.5) is 5.69 Å². The zero-order chi connectivity index (χ0) is 17.1. The number of nitrogens with zero attached hydrogens (tertiary/aromatic N) is 5. The molecule has 25 heavy (non-hydrogen) atoms. The van der Waals surface area contributed by atoms with E-state index < -0.39 is 0 Å². The summed E-state index contributed by atoms with van der Waals surface area (Å²) in [5.74, 6) is 0. The third-order valence-corrected chi connectivity index (χ3v) is 4.22. The number of hydrogen-bond acceptors (Lipinski definition) is 5. The smallest absolute Gasteiger partial charge is 0.177 e. The number of benzene rings is 2. The first kappa shape index (κ1) is 15.4. The van der Waals surface area contributed by atoms with Crippen LogP contribution >= 0.6 is 0 Å². The van der Waals surface area contributed by atoms with Gasteiger partial charge in [0.15, 0.2) is 6.23 Å². The van der Waals surface area contributed by atoms with Crippen LogP contribution < -0.4 is 4.90 Å². The third kappa shape index (κ3) is 3.23. The van der Waals surface area contributed by atoms with Gasteiger partial charge in [-0.1, -0.05) is 35.5 Å². The lowest BCUT2D eigenvalue weighted by Gasteiger charge is -2.23. The maximum atomic E-state index is 8.87. The van der Waals surface area contributed by atoms with Crippen molar-refractivity contribution in [2.75, 3.05) is 18.1 Å². The summed E-state index contributed by atoms with van der Waals surface area (Å²) in [6.07, 6.45) is 1.71. The molecule has 2 heterocycles. The quantitative estimate of drug-likeness (QED) is 0.735. The lowest BCUT2D eigenvalue weighted by atomic mass is 10.1.